The minimum atomic E-state index is 0.205. The van der Waals surface area contributed by atoms with Gasteiger partial charge in [-0.15, -0.1) is 0 Å². The number of halogens is 1. The van der Waals surface area contributed by atoms with Crippen molar-refractivity contribution >= 4 is 69.2 Å². The molecule has 3 heterocycles. The van der Waals surface area contributed by atoms with Gasteiger partial charge < -0.3 is 34.5 Å². The molecule has 0 bridgehead atoms. The molecule has 264 valence electrons. The van der Waals surface area contributed by atoms with E-state index in [-0.39, 0.29) is 17.8 Å². The molecular weight excluding hydrogens is 702 g/mol. The highest BCUT2D eigenvalue weighted by atomic mass is 35.5. The molecule has 0 aliphatic carbocycles. The largest absolute Gasteiger partial charge is 0.493 e. The molecule has 0 atom stereocenters. The number of nitrogens with zero attached hydrogens (tertiary/aromatic N) is 6. The summed E-state index contributed by atoms with van der Waals surface area (Å²) < 4.78 is 22.4. The molecule has 3 N–H and O–H groups in total. The molecule has 0 saturated carbocycles. The van der Waals surface area contributed by atoms with Gasteiger partial charge in [-0.3, -0.25) is 5.32 Å². The number of morpholine rings is 1. The summed E-state index contributed by atoms with van der Waals surface area (Å²) in [4.78, 5) is 25.9. The number of hydrogen-bond acceptors (Lipinski definition) is 12. The van der Waals surface area contributed by atoms with Gasteiger partial charge in [0.05, 0.1) is 45.9 Å². The molecule has 52 heavy (non-hydrogen) atoms. The summed E-state index contributed by atoms with van der Waals surface area (Å²) in [5, 5.41) is 12.7. The highest BCUT2D eigenvalue weighted by molar-refractivity contribution is 7.80. The number of anilines is 5. The van der Waals surface area contributed by atoms with Gasteiger partial charge in [-0.1, -0.05) is 60.1 Å². The van der Waals surface area contributed by atoms with Gasteiger partial charge >= 0.3 is 0 Å². The van der Waals surface area contributed by atoms with Crippen molar-refractivity contribution < 1.29 is 18.9 Å². The Labute approximate surface area is 310 Å². The zero-order chi connectivity index (χ0) is 36.0. The minimum absolute atomic E-state index is 0.205. The summed E-state index contributed by atoms with van der Waals surface area (Å²) in [7, 11) is 4.69. The molecule has 4 aromatic carbocycles. The van der Waals surface area contributed by atoms with Crippen LogP contribution in [0.25, 0.3) is 33.3 Å². The van der Waals surface area contributed by atoms with Gasteiger partial charge in [0.2, 0.25) is 29.5 Å². The minimum Gasteiger partial charge on any atom is -0.493 e. The SMILES string of the molecule is COc1cc(-c2cc(-c3ccc(Cl)cc3)nc(Nc3nc(NC(=S)Nc4cccc5ccccc45)nc(N4CCOCC4)n3)n2)cc(OC)c1OC. The predicted molar refractivity (Wildman–Crippen MR) is 208 cm³/mol. The second kappa shape index (κ2) is 15.6. The van der Waals surface area contributed by atoms with Crippen LogP contribution in [0.4, 0.5) is 29.5 Å². The average molecular weight is 736 g/mol. The van der Waals surface area contributed by atoms with E-state index in [0.717, 1.165) is 22.0 Å². The quantitative estimate of drug-likeness (QED) is 0.122. The van der Waals surface area contributed by atoms with Crippen LogP contribution in [0.3, 0.4) is 0 Å². The molecule has 0 unspecified atom stereocenters. The lowest BCUT2D eigenvalue weighted by atomic mass is 10.1. The van der Waals surface area contributed by atoms with Gasteiger partial charge in [0.1, 0.15) is 0 Å². The molecular formula is C37H34ClN9O4S. The van der Waals surface area contributed by atoms with Crippen LogP contribution in [0.5, 0.6) is 17.2 Å². The van der Waals surface area contributed by atoms with Crippen LogP contribution in [-0.4, -0.2) is 77.7 Å². The molecule has 2 aromatic heterocycles. The Morgan fingerprint density at radius 1 is 0.712 bits per heavy atom. The van der Waals surface area contributed by atoms with Crippen molar-refractivity contribution in [2.45, 2.75) is 0 Å². The van der Waals surface area contributed by atoms with E-state index >= 15 is 0 Å². The Morgan fingerprint density at radius 2 is 1.37 bits per heavy atom. The number of aromatic nitrogens is 5. The fourth-order valence-electron chi connectivity index (χ4n) is 5.72. The maximum atomic E-state index is 6.22. The predicted octanol–water partition coefficient (Wildman–Crippen LogP) is 7.22. The maximum Gasteiger partial charge on any atom is 0.236 e. The first-order chi connectivity index (χ1) is 25.4. The van der Waals surface area contributed by atoms with Crippen LogP contribution < -0.4 is 35.1 Å². The van der Waals surface area contributed by atoms with Crippen molar-refractivity contribution in [3.8, 4) is 39.8 Å². The lowest BCUT2D eigenvalue weighted by Gasteiger charge is -2.27. The van der Waals surface area contributed by atoms with Crippen LogP contribution in [0, 0.1) is 0 Å². The number of benzene rings is 4. The lowest BCUT2D eigenvalue weighted by molar-refractivity contribution is 0.122. The first-order valence-corrected chi connectivity index (χ1v) is 17.1. The molecule has 0 amide bonds. The number of rotatable bonds is 10. The third-order valence-corrected chi connectivity index (χ3v) is 8.69. The van der Waals surface area contributed by atoms with Crippen molar-refractivity contribution in [2.24, 2.45) is 0 Å². The molecule has 1 aliphatic heterocycles. The van der Waals surface area contributed by atoms with Crippen molar-refractivity contribution in [3.05, 3.63) is 90.0 Å². The number of nitrogens with one attached hydrogen (secondary N) is 3. The summed E-state index contributed by atoms with van der Waals surface area (Å²) in [5.74, 6) is 2.54. The van der Waals surface area contributed by atoms with E-state index in [2.05, 4.69) is 20.9 Å². The van der Waals surface area contributed by atoms with Crippen LogP contribution in [0.15, 0.2) is 84.9 Å². The van der Waals surface area contributed by atoms with Gasteiger partial charge in [0, 0.05) is 40.3 Å². The monoisotopic (exact) mass is 735 g/mol. The Morgan fingerprint density at radius 3 is 2.08 bits per heavy atom. The zero-order valence-electron chi connectivity index (χ0n) is 28.5. The van der Waals surface area contributed by atoms with Crippen LogP contribution in [0.1, 0.15) is 0 Å². The molecule has 13 nitrogen and oxygen atoms in total. The summed E-state index contributed by atoms with van der Waals surface area (Å²) in [6.45, 7) is 2.30. The topological polar surface area (TPSA) is 141 Å². The summed E-state index contributed by atoms with van der Waals surface area (Å²) >= 11 is 11.9. The van der Waals surface area contributed by atoms with Crippen molar-refractivity contribution in [1.82, 2.24) is 24.9 Å². The zero-order valence-corrected chi connectivity index (χ0v) is 30.1. The number of thiocarbonyl (C=S) groups is 1. The molecule has 7 rings (SSSR count). The van der Waals surface area contributed by atoms with Crippen LogP contribution in [0.2, 0.25) is 5.02 Å². The number of fused-ring (bicyclic) bond motifs is 1. The summed E-state index contributed by atoms with van der Waals surface area (Å²) in [6.07, 6.45) is 0. The van der Waals surface area contributed by atoms with Crippen molar-refractivity contribution in [1.29, 1.82) is 0 Å². The molecule has 1 aliphatic rings. The fraction of sp³-hybridized carbons (Fsp3) is 0.189. The Balaban J connectivity index is 1.26. The molecule has 0 spiro atoms. The summed E-state index contributed by atoms with van der Waals surface area (Å²) in [5.41, 5.74) is 3.57. The second-order valence-electron chi connectivity index (χ2n) is 11.5. The third-order valence-electron chi connectivity index (χ3n) is 8.23. The normalized spacial score (nSPS) is 12.7. The first kappa shape index (κ1) is 34.6. The molecule has 1 saturated heterocycles. The van der Waals surface area contributed by atoms with Crippen molar-refractivity contribution in [3.63, 3.8) is 0 Å². The third kappa shape index (κ3) is 7.73. The molecule has 1 fully saturated rings. The highest BCUT2D eigenvalue weighted by Crippen LogP contribution is 2.41. The van der Waals surface area contributed by atoms with Gasteiger partial charge in [-0.05, 0) is 54.0 Å². The number of hydrogen-bond donors (Lipinski definition) is 3. The van der Waals surface area contributed by atoms with Gasteiger partial charge in [-0.25, -0.2) is 9.97 Å². The molecule has 0 radical (unpaired) electrons. The van der Waals surface area contributed by atoms with E-state index in [1.807, 2.05) is 77.7 Å². The van der Waals surface area contributed by atoms with E-state index < -0.39 is 0 Å². The smallest absolute Gasteiger partial charge is 0.236 e. The first-order valence-electron chi connectivity index (χ1n) is 16.3. The van der Waals surface area contributed by atoms with E-state index in [9.17, 15) is 0 Å². The number of methoxy groups -OCH3 is 3. The Hall–Kier alpha value is -5.83. The molecule has 6 aromatic rings. The van der Waals surface area contributed by atoms with E-state index in [0.29, 0.717) is 76.6 Å². The molecule has 15 heteroatoms. The maximum absolute atomic E-state index is 6.22. The Kier molecular flexibility index (Phi) is 10.4. The number of ether oxygens (including phenoxy) is 4. The van der Waals surface area contributed by atoms with Crippen LogP contribution in [-0.2, 0) is 4.74 Å². The fourth-order valence-corrected chi connectivity index (χ4v) is 6.05. The summed E-state index contributed by atoms with van der Waals surface area (Å²) in [6, 6.07) is 26.9. The van der Waals surface area contributed by atoms with Gasteiger partial charge in [-0.2, -0.15) is 15.0 Å². The second-order valence-corrected chi connectivity index (χ2v) is 12.3. The Bertz CT molecular complexity index is 2210. The standard InChI is InChI=1S/C37H34ClN9O4S/c1-48-30-19-24(20-31(49-2)32(30)50-3)29-21-28(23-11-13-25(38)14-12-23)39-33(40-29)42-34-43-35(45-36(44-34)47-15-17-51-18-16-47)46-37(52)41-27-10-6-8-22-7-4-5-9-26(22)27/h4-14,19-21H,15-18H2,1-3H3,(H3,39,40,41,42,43,44,45,46,52). The van der Waals surface area contributed by atoms with E-state index in [1.165, 1.54) is 0 Å². The van der Waals surface area contributed by atoms with Gasteiger partial charge in [0.15, 0.2) is 16.6 Å². The highest BCUT2D eigenvalue weighted by Gasteiger charge is 2.20. The van der Waals surface area contributed by atoms with Crippen LogP contribution >= 0.6 is 23.8 Å². The van der Waals surface area contributed by atoms with Crippen molar-refractivity contribution in [2.75, 3.05) is 68.5 Å². The average Bonchev–Trinajstić information content (AvgIpc) is 3.17. The van der Waals surface area contributed by atoms with E-state index in [1.54, 1.807) is 33.5 Å². The van der Waals surface area contributed by atoms with Gasteiger partial charge in [0.25, 0.3) is 0 Å². The lowest BCUT2D eigenvalue weighted by Crippen LogP contribution is -2.37. The van der Waals surface area contributed by atoms with E-state index in [4.69, 9.17) is 62.7 Å².